The van der Waals surface area contributed by atoms with Crippen LogP contribution in [0, 0.1) is 0 Å². The molecule has 1 atom stereocenters. The van der Waals surface area contributed by atoms with Crippen LogP contribution in [0.4, 0.5) is 0 Å². The second-order valence-corrected chi connectivity index (χ2v) is 5.47. The lowest BCUT2D eigenvalue weighted by molar-refractivity contribution is -0.144. The summed E-state index contributed by atoms with van der Waals surface area (Å²) in [5, 5.41) is 2.85. The van der Waals surface area contributed by atoms with Crippen LogP contribution in [-0.2, 0) is 14.3 Å². The van der Waals surface area contributed by atoms with Gasteiger partial charge in [0.25, 0.3) is 0 Å². The van der Waals surface area contributed by atoms with Crippen LogP contribution in [0.1, 0.15) is 39.5 Å². The van der Waals surface area contributed by atoms with Gasteiger partial charge in [-0.15, -0.1) is 0 Å². The van der Waals surface area contributed by atoms with Crippen LogP contribution in [-0.4, -0.2) is 48.1 Å². The maximum absolute atomic E-state index is 12.5. The van der Waals surface area contributed by atoms with Gasteiger partial charge in [0.2, 0.25) is 11.8 Å². The highest BCUT2D eigenvalue weighted by Crippen LogP contribution is 2.31. The molecule has 1 saturated carbocycles. The van der Waals surface area contributed by atoms with E-state index >= 15 is 0 Å². The smallest absolute Gasteiger partial charge is 0.248 e. The number of methoxy groups -OCH3 is 1. The summed E-state index contributed by atoms with van der Waals surface area (Å²) in [6, 6.07) is 0.237. The Kier molecular flexibility index (Phi) is 3.61. The third-order valence-electron chi connectivity index (χ3n) is 4.28. The van der Waals surface area contributed by atoms with Gasteiger partial charge in [-0.25, -0.2) is 0 Å². The molecule has 0 bridgehead atoms. The largest absolute Gasteiger partial charge is 0.381 e. The summed E-state index contributed by atoms with van der Waals surface area (Å²) in [6.45, 7) is 4.28. The predicted molar refractivity (Wildman–Crippen MR) is 67.0 cm³/mol. The molecule has 0 aromatic rings. The van der Waals surface area contributed by atoms with E-state index in [0.717, 1.165) is 12.8 Å². The molecule has 18 heavy (non-hydrogen) atoms. The topological polar surface area (TPSA) is 58.6 Å². The molecule has 2 rings (SSSR count). The van der Waals surface area contributed by atoms with Crippen LogP contribution in [0.3, 0.4) is 0 Å². The molecule has 102 valence electrons. The minimum atomic E-state index is -0.744. The maximum Gasteiger partial charge on any atom is 0.248 e. The van der Waals surface area contributed by atoms with E-state index in [1.54, 1.807) is 7.11 Å². The summed E-state index contributed by atoms with van der Waals surface area (Å²) in [6.07, 6.45) is 3.05. The van der Waals surface area contributed by atoms with Crippen molar-refractivity contribution >= 4 is 11.8 Å². The van der Waals surface area contributed by atoms with Crippen LogP contribution < -0.4 is 5.32 Å². The third-order valence-corrected chi connectivity index (χ3v) is 4.28. The average molecular weight is 254 g/mol. The summed E-state index contributed by atoms with van der Waals surface area (Å²) in [7, 11) is 1.70. The Balaban J connectivity index is 2.10. The van der Waals surface area contributed by atoms with Gasteiger partial charge < -0.3 is 15.0 Å². The van der Waals surface area contributed by atoms with E-state index < -0.39 is 5.54 Å². The van der Waals surface area contributed by atoms with E-state index in [-0.39, 0.29) is 24.0 Å². The fraction of sp³-hybridized carbons (Fsp3) is 0.846. The molecule has 2 amide bonds. The molecule has 2 fully saturated rings. The first-order valence-electron chi connectivity index (χ1n) is 6.65. The molecule has 1 aliphatic carbocycles. The summed E-state index contributed by atoms with van der Waals surface area (Å²) < 4.78 is 5.25. The normalized spacial score (nSPS) is 36.9. The number of nitrogens with zero attached hydrogens (tertiary/aromatic N) is 1. The third kappa shape index (κ3) is 2.23. The van der Waals surface area contributed by atoms with E-state index in [1.807, 2.05) is 18.7 Å². The van der Waals surface area contributed by atoms with Crippen molar-refractivity contribution in [3.8, 4) is 0 Å². The zero-order valence-electron chi connectivity index (χ0n) is 11.4. The van der Waals surface area contributed by atoms with Gasteiger partial charge >= 0.3 is 0 Å². The lowest BCUT2D eigenvalue weighted by atomic mass is 9.86. The van der Waals surface area contributed by atoms with Gasteiger partial charge in [-0.1, -0.05) is 6.92 Å². The van der Waals surface area contributed by atoms with Gasteiger partial charge in [-0.05, 0) is 26.2 Å². The average Bonchev–Trinajstić information content (AvgIpc) is 2.40. The first kappa shape index (κ1) is 13.3. The van der Waals surface area contributed by atoms with Crippen LogP contribution in [0.15, 0.2) is 0 Å². The number of carbonyl (C=O) groups excluding carboxylic acids is 2. The van der Waals surface area contributed by atoms with Crippen molar-refractivity contribution in [2.24, 2.45) is 0 Å². The molecular formula is C13H22N2O3. The number of rotatable bonds is 3. The Morgan fingerprint density at radius 3 is 2.67 bits per heavy atom. The number of amides is 2. The van der Waals surface area contributed by atoms with Crippen molar-refractivity contribution in [2.45, 2.75) is 57.2 Å². The molecule has 2 aliphatic rings. The lowest BCUT2D eigenvalue weighted by Crippen LogP contribution is -2.59. The quantitative estimate of drug-likeness (QED) is 0.806. The van der Waals surface area contributed by atoms with Gasteiger partial charge in [0.1, 0.15) is 5.54 Å². The van der Waals surface area contributed by atoms with E-state index in [0.29, 0.717) is 19.4 Å². The molecule has 5 nitrogen and oxygen atoms in total. The molecule has 0 aromatic carbocycles. The first-order valence-corrected chi connectivity index (χ1v) is 6.65. The zero-order chi connectivity index (χ0) is 13.3. The minimum Gasteiger partial charge on any atom is -0.381 e. The first-order chi connectivity index (χ1) is 8.50. The maximum atomic E-state index is 12.5. The SMILES string of the molecule is CCC1(C)NC(=O)CCN(C2CC(OC)C2)C1=O. The number of nitrogens with one attached hydrogen (secondary N) is 1. The van der Waals surface area contributed by atoms with Gasteiger partial charge in [-0.3, -0.25) is 9.59 Å². The highest BCUT2D eigenvalue weighted by molar-refractivity contribution is 5.93. The van der Waals surface area contributed by atoms with Crippen LogP contribution in [0.5, 0.6) is 0 Å². The zero-order valence-corrected chi connectivity index (χ0v) is 11.4. The predicted octanol–water partition coefficient (Wildman–Crippen LogP) is 0.681. The minimum absolute atomic E-state index is 0.0298. The van der Waals surface area contributed by atoms with Crippen LogP contribution in [0.2, 0.25) is 0 Å². The Hall–Kier alpha value is -1.10. The lowest BCUT2D eigenvalue weighted by Gasteiger charge is -2.44. The molecule has 5 heteroatoms. The Bertz CT molecular complexity index is 352. The van der Waals surface area contributed by atoms with Crippen molar-refractivity contribution < 1.29 is 14.3 Å². The summed E-state index contributed by atoms with van der Waals surface area (Å²) in [4.78, 5) is 26.1. The second-order valence-electron chi connectivity index (χ2n) is 5.47. The standard InChI is InChI=1S/C13H22N2O3/c1-4-13(2)12(17)15(6-5-11(16)14-13)9-7-10(8-9)18-3/h9-10H,4-8H2,1-3H3,(H,14,16). The van der Waals surface area contributed by atoms with Crippen molar-refractivity contribution in [1.29, 1.82) is 0 Å². The number of carbonyl (C=O) groups is 2. The Morgan fingerprint density at radius 1 is 1.44 bits per heavy atom. The highest BCUT2D eigenvalue weighted by atomic mass is 16.5. The molecule has 1 N–H and O–H groups in total. The van der Waals surface area contributed by atoms with Gasteiger partial charge in [-0.2, -0.15) is 0 Å². The molecule has 0 spiro atoms. The number of ether oxygens (including phenoxy) is 1. The van der Waals surface area contributed by atoms with Gasteiger partial charge in [0.15, 0.2) is 0 Å². The Labute approximate surface area is 108 Å². The van der Waals surface area contributed by atoms with Crippen LogP contribution in [0.25, 0.3) is 0 Å². The summed E-state index contributed by atoms with van der Waals surface area (Å²) in [5.74, 6) is 0.0215. The van der Waals surface area contributed by atoms with Crippen molar-refractivity contribution in [2.75, 3.05) is 13.7 Å². The van der Waals surface area contributed by atoms with Crippen LogP contribution >= 0.6 is 0 Å². The fourth-order valence-electron chi connectivity index (χ4n) is 2.64. The molecular weight excluding hydrogens is 232 g/mol. The molecule has 1 saturated heterocycles. The summed E-state index contributed by atoms with van der Waals surface area (Å²) >= 11 is 0. The molecule has 1 aliphatic heterocycles. The monoisotopic (exact) mass is 254 g/mol. The summed E-state index contributed by atoms with van der Waals surface area (Å²) in [5.41, 5.74) is -0.744. The number of hydrogen-bond donors (Lipinski definition) is 1. The van der Waals surface area contributed by atoms with E-state index in [1.165, 1.54) is 0 Å². The van der Waals surface area contributed by atoms with E-state index in [4.69, 9.17) is 4.74 Å². The number of hydrogen-bond acceptors (Lipinski definition) is 3. The second kappa shape index (κ2) is 4.88. The van der Waals surface area contributed by atoms with Crippen molar-refractivity contribution in [1.82, 2.24) is 10.2 Å². The molecule has 1 unspecified atom stereocenters. The van der Waals surface area contributed by atoms with E-state index in [2.05, 4.69) is 5.32 Å². The Morgan fingerprint density at radius 2 is 2.11 bits per heavy atom. The molecule has 0 aromatic heterocycles. The highest BCUT2D eigenvalue weighted by Gasteiger charge is 2.44. The van der Waals surface area contributed by atoms with Gasteiger partial charge in [0.05, 0.1) is 6.10 Å². The van der Waals surface area contributed by atoms with Crippen molar-refractivity contribution in [3.05, 3.63) is 0 Å². The van der Waals surface area contributed by atoms with Crippen molar-refractivity contribution in [3.63, 3.8) is 0 Å². The van der Waals surface area contributed by atoms with Gasteiger partial charge in [0, 0.05) is 26.1 Å². The fourth-order valence-corrected chi connectivity index (χ4v) is 2.64. The van der Waals surface area contributed by atoms with E-state index in [9.17, 15) is 9.59 Å². The molecule has 0 radical (unpaired) electrons. The molecule has 1 heterocycles.